The van der Waals surface area contributed by atoms with Crippen LogP contribution in [0.1, 0.15) is 38.2 Å². The Kier molecular flexibility index (Phi) is 4.76. The van der Waals surface area contributed by atoms with E-state index < -0.39 is 5.92 Å². The van der Waals surface area contributed by atoms with Gasteiger partial charge in [-0.2, -0.15) is 5.26 Å². The van der Waals surface area contributed by atoms with Crippen molar-refractivity contribution >= 4 is 5.78 Å². The summed E-state index contributed by atoms with van der Waals surface area (Å²) in [5.41, 5.74) is 3.07. The molecule has 2 atom stereocenters. The van der Waals surface area contributed by atoms with Gasteiger partial charge in [-0.25, -0.2) is 0 Å². The maximum absolute atomic E-state index is 13.1. The summed E-state index contributed by atoms with van der Waals surface area (Å²) in [7, 11) is 0. The third kappa shape index (κ3) is 3.69. The summed E-state index contributed by atoms with van der Waals surface area (Å²) < 4.78 is 5.98. The number of allylic oxidation sites excluding steroid dienone is 3. The second-order valence-electron chi connectivity index (χ2n) is 8.56. The van der Waals surface area contributed by atoms with E-state index in [1.165, 1.54) is 0 Å². The van der Waals surface area contributed by atoms with E-state index in [0.29, 0.717) is 17.9 Å². The predicted molar refractivity (Wildman–Crippen MR) is 112 cm³/mol. The van der Waals surface area contributed by atoms with Gasteiger partial charge < -0.3 is 10.1 Å². The highest BCUT2D eigenvalue weighted by atomic mass is 16.5. The number of hydrogen-bond donors (Lipinski definition) is 1. The van der Waals surface area contributed by atoms with Crippen LogP contribution in [-0.2, 0) is 4.79 Å². The normalized spacial score (nSPS) is 23.1. The van der Waals surface area contributed by atoms with Crippen LogP contribution in [-0.4, -0.2) is 5.78 Å². The van der Waals surface area contributed by atoms with Gasteiger partial charge in [0.1, 0.15) is 11.5 Å². The molecule has 0 aromatic heterocycles. The minimum Gasteiger partial charge on any atom is -0.457 e. The maximum Gasteiger partial charge on any atom is 0.161 e. The SMILES string of the molecule is C=C1NC2=C(C(=O)CC(C)(C)C2)C(c2cccc(Oc3ccccc3)c2)C1C#N. The highest BCUT2D eigenvalue weighted by Crippen LogP contribution is 2.48. The molecule has 2 unspecified atom stereocenters. The van der Waals surface area contributed by atoms with E-state index in [2.05, 4.69) is 31.8 Å². The highest BCUT2D eigenvalue weighted by molar-refractivity contribution is 5.99. The van der Waals surface area contributed by atoms with Gasteiger partial charge in [0.25, 0.3) is 0 Å². The number of nitriles is 1. The minimum atomic E-state index is -0.508. The van der Waals surface area contributed by atoms with Crippen molar-refractivity contribution < 1.29 is 9.53 Å². The Morgan fingerprint density at radius 2 is 1.83 bits per heavy atom. The van der Waals surface area contributed by atoms with E-state index in [1.807, 2.05) is 54.6 Å². The lowest BCUT2D eigenvalue weighted by atomic mass is 9.67. The lowest BCUT2D eigenvalue weighted by molar-refractivity contribution is -0.118. The molecule has 0 amide bonds. The van der Waals surface area contributed by atoms with Gasteiger partial charge in [-0.3, -0.25) is 4.79 Å². The van der Waals surface area contributed by atoms with Crippen LogP contribution in [0.25, 0.3) is 0 Å². The lowest BCUT2D eigenvalue weighted by Gasteiger charge is -2.41. The van der Waals surface area contributed by atoms with E-state index in [9.17, 15) is 10.1 Å². The Morgan fingerprint density at radius 1 is 1.10 bits per heavy atom. The van der Waals surface area contributed by atoms with Crippen LogP contribution in [0, 0.1) is 22.7 Å². The van der Waals surface area contributed by atoms with Crippen molar-refractivity contribution in [3.05, 3.63) is 83.7 Å². The van der Waals surface area contributed by atoms with Crippen molar-refractivity contribution in [2.45, 2.75) is 32.6 Å². The first kappa shape index (κ1) is 19.0. The smallest absolute Gasteiger partial charge is 0.161 e. The number of nitrogens with one attached hydrogen (secondary N) is 1. The van der Waals surface area contributed by atoms with E-state index >= 15 is 0 Å². The number of hydrogen-bond acceptors (Lipinski definition) is 4. The third-order valence-corrected chi connectivity index (χ3v) is 5.59. The van der Waals surface area contributed by atoms with Crippen LogP contribution in [0.3, 0.4) is 0 Å². The number of benzene rings is 2. The summed E-state index contributed by atoms with van der Waals surface area (Å²) in [6, 6.07) is 19.6. The van der Waals surface area contributed by atoms with Crippen molar-refractivity contribution in [2.24, 2.45) is 11.3 Å². The molecule has 1 aliphatic carbocycles. The van der Waals surface area contributed by atoms with E-state index in [0.717, 1.165) is 29.0 Å². The summed E-state index contributed by atoms with van der Waals surface area (Å²) in [6.45, 7) is 8.28. The standard InChI is InChI=1S/C25H24N2O2/c1-16-20(15-26)23(24-21(27-16)13-25(2,3)14-22(24)28)17-8-7-11-19(12-17)29-18-9-5-4-6-10-18/h4-12,20,23,27H,1,13-14H2,2-3H3. The van der Waals surface area contributed by atoms with Gasteiger partial charge in [-0.05, 0) is 41.7 Å². The van der Waals surface area contributed by atoms with Crippen molar-refractivity contribution in [2.75, 3.05) is 0 Å². The predicted octanol–water partition coefficient (Wildman–Crippen LogP) is 5.46. The number of carbonyl (C=O) groups is 1. The molecule has 0 spiro atoms. The number of ether oxygens (including phenoxy) is 1. The highest BCUT2D eigenvalue weighted by Gasteiger charge is 2.43. The maximum atomic E-state index is 13.1. The molecule has 4 rings (SSSR count). The molecular formula is C25H24N2O2. The molecule has 2 aliphatic rings. The van der Waals surface area contributed by atoms with E-state index in [4.69, 9.17) is 4.74 Å². The monoisotopic (exact) mass is 384 g/mol. The van der Waals surface area contributed by atoms with Crippen LogP contribution in [0.4, 0.5) is 0 Å². The zero-order chi connectivity index (χ0) is 20.6. The zero-order valence-corrected chi connectivity index (χ0v) is 16.7. The second kappa shape index (κ2) is 7.25. The fraction of sp³-hybridized carbons (Fsp3) is 0.280. The summed E-state index contributed by atoms with van der Waals surface area (Å²) >= 11 is 0. The molecule has 29 heavy (non-hydrogen) atoms. The summed E-state index contributed by atoms with van der Waals surface area (Å²) in [5, 5.41) is 13.1. The van der Waals surface area contributed by atoms with Gasteiger partial charge >= 0.3 is 0 Å². The second-order valence-corrected chi connectivity index (χ2v) is 8.56. The van der Waals surface area contributed by atoms with Crippen molar-refractivity contribution in [1.29, 1.82) is 5.26 Å². The lowest BCUT2D eigenvalue weighted by Crippen LogP contribution is -2.40. The van der Waals surface area contributed by atoms with Gasteiger partial charge in [0.15, 0.2) is 5.78 Å². The molecule has 0 radical (unpaired) electrons. The number of nitrogens with zero attached hydrogens (tertiary/aromatic N) is 1. The molecule has 4 heteroatoms. The van der Waals surface area contributed by atoms with E-state index in [-0.39, 0.29) is 17.1 Å². The van der Waals surface area contributed by atoms with Gasteiger partial charge in [-0.15, -0.1) is 0 Å². The number of carbonyl (C=O) groups excluding carboxylic acids is 1. The minimum absolute atomic E-state index is 0.106. The number of rotatable bonds is 3. The molecule has 1 N–H and O–H groups in total. The average molecular weight is 384 g/mol. The molecule has 2 aromatic rings. The summed E-state index contributed by atoms with van der Waals surface area (Å²) in [4.78, 5) is 13.1. The molecule has 2 aromatic carbocycles. The Morgan fingerprint density at radius 3 is 2.55 bits per heavy atom. The Balaban J connectivity index is 1.77. The van der Waals surface area contributed by atoms with Crippen LogP contribution < -0.4 is 10.1 Å². The first-order chi connectivity index (χ1) is 13.9. The summed E-state index contributed by atoms with van der Waals surface area (Å²) in [5.74, 6) is 0.681. The van der Waals surface area contributed by atoms with Crippen molar-refractivity contribution in [3.63, 3.8) is 0 Å². The fourth-order valence-corrected chi connectivity index (χ4v) is 4.35. The zero-order valence-electron chi connectivity index (χ0n) is 16.7. The first-order valence-corrected chi connectivity index (χ1v) is 9.82. The van der Waals surface area contributed by atoms with Gasteiger partial charge in [0.2, 0.25) is 0 Å². The van der Waals surface area contributed by atoms with Crippen LogP contribution in [0.2, 0.25) is 0 Å². The molecule has 1 heterocycles. The largest absolute Gasteiger partial charge is 0.457 e. The van der Waals surface area contributed by atoms with Crippen molar-refractivity contribution in [1.82, 2.24) is 5.32 Å². The number of para-hydroxylation sites is 1. The summed E-state index contributed by atoms with van der Waals surface area (Å²) in [6.07, 6.45) is 1.25. The topological polar surface area (TPSA) is 62.1 Å². The average Bonchev–Trinajstić information content (AvgIpc) is 2.67. The number of Topliss-reactive ketones (excluding diaryl/α,β-unsaturated/α-hetero) is 1. The van der Waals surface area contributed by atoms with Gasteiger partial charge in [0.05, 0.1) is 12.0 Å². The Labute approximate surface area is 171 Å². The molecule has 0 saturated carbocycles. The Hall–Kier alpha value is -3.32. The molecule has 0 bridgehead atoms. The first-order valence-electron chi connectivity index (χ1n) is 9.82. The van der Waals surface area contributed by atoms with Crippen molar-refractivity contribution in [3.8, 4) is 17.6 Å². The molecular weight excluding hydrogens is 360 g/mol. The molecule has 4 nitrogen and oxygen atoms in total. The molecule has 0 fully saturated rings. The van der Waals surface area contributed by atoms with Crippen LogP contribution in [0.15, 0.2) is 78.1 Å². The van der Waals surface area contributed by atoms with Gasteiger partial charge in [0, 0.05) is 29.3 Å². The van der Waals surface area contributed by atoms with E-state index in [1.54, 1.807) is 0 Å². The fourth-order valence-electron chi connectivity index (χ4n) is 4.35. The van der Waals surface area contributed by atoms with Gasteiger partial charge in [-0.1, -0.05) is 50.8 Å². The molecule has 0 saturated heterocycles. The van der Waals surface area contributed by atoms with Crippen LogP contribution in [0.5, 0.6) is 11.5 Å². The van der Waals surface area contributed by atoms with Crippen LogP contribution >= 0.6 is 0 Å². The Bertz CT molecular complexity index is 1040. The quantitative estimate of drug-likeness (QED) is 0.763. The number of ketones is 1. The molecule has 146 valence electrons. The third-order valence-electron chi connectivity index (χ3n) is 5.59. The molecule has 1 aliphatic heterocycles.